The molecular weight excluding hydrogens is 503 g/mol. The standard InChI is InChI=1S/C32H26O4S.Na.H/c33-31(34)25-14-13-15-26(24-25)32(35)36-37(27-16-5-1-6-17-27,28-18-7-2-8-19-28,29-20-9-3-10-21-29)30-22-11-4-12-23-30;;/h1-24,37H,(H,33,34);;. The Labute approximate surface area is 244 Å². The molecule has 0 fully saturated rings. The van der Waals surface area contributed by atoms with Gasteiger partial charge in [0.15, 0.2) is 0 Å². The third kappa shape index (κ3) is 4.48. The van der Waals surface area contributed by atoms with Gasteiger partial charge in [-0.15, -0.1) is 0 Å². The summed E-state index contributed by atoms with van der Waals surface area (Å²) in [7, 11) is -4.17. The number of benzene rings is 5. The van der Waals surface area contributed by atoms with Crippen molar-refractivity contribution < 1.29 is 18.9 Å². The molecule has 0 atom stereocenters. The normalized spacial score (nSPS) is 11.8. The van der Waals surface area contributed by atoms with E-state index in [9.17, 15) is 14.7 Å². The molecule has 5 rings (SSSR count). The summed E-state index contributed by atoms with van der Waals surface area (Å²) in [5.74, 6) is -1.70. The van der Waals surface area contributed by atoms with Gasteiger partial charge in [0.2, 0.25) is 0 Å². The molecule has 0 aliphatic rings. The van der Waals surface area contributed by atoms with Crippen molar-refractivity contribution in [3.8, 4) is 0 Å². The maximum absolute atomic E-state index is 14.2. The second-order valence-electron chi connectivity index (χ2n) is 8.64. The van der Waals surface area contributed by atoms with E-state index < -0.39 is 21.4 Å². The monoisotopic (exact) mass is 530 g/mol. The molecule has 0 aliphatic carbocycles. The molecule has 0 saturated heterocycles. The van der Waals surface area contributed by atoms with Gasteiger partial charge in [0.25, 0.3) is 0 Å². The maximum atomic E-state index is 14.2. The van der Waals surface area contributed by atoms with E-state index in [1.165, 1.54) is 12.1 Å². The quantitative estimate of drug-likeness (QED) is 0.174. The summed E-state index contributed by atoms with van der Waals surface area (Å²) in [6, 6.07) is 45.4. The number of hydrogen-bond acceptors (Lipinski definition) is 3. The number of aromatic carboxylic acids is 1. The van der Waals surface area contributed by atoms with E-state index in [0.29, 0.717) is 0 Å². The molecule has 0 saturated carbocycles. The molecule has 186 valence electrons. The number of hydrogen-bond donors (Lipinski definition) is 2. The fourth-order valence-electron chi connectivity index (χ4n) is 4.95. The van der Waals surface area contributed by atoms with E-state index in [2.05, 4.69) is 0 Å². The summed E-state index contributed by atoms with van der Waals surface area (Å²) in [5, 5.41) is 9.54. The van der Waals surface area contributed by atoms with Crippen molar-refractivity contribution in [3.63, 3.8) is 0 Å². The van der Waals surface area contributed by atoms with Crippen LogP contribution in [0.5, 0.6) is 0 Å². The average Bonchev–Trinajstić information content (AvgIpc) is 2.98. The first-order valence-corrected chi connectivity index (χ1v) is 14.0. The summed E-state index contributed by atoms with van der Waals surface area (Å²) in [4.78, 5) is 29.3. The van der Waals surface area contributed by atoms with Crippen molar-refractivity contribution in [1.29, 1.82) is 0 Å². The van der Waals surface area contributed by atoms with Crippen LogP contribution in [-0.4, -0.2) is 46.6 Å². The molecule has 0 bridgehead atoms. The van der Waals surface area contributed by atoms with Crippen LogP contribution in [0.15, 0.2) is 165 Å². The van der Waals surface area contributed by atoms with Crippen LogP contribution in [0.3, 0.4) is 0 Å². The van der Waals surface area contributed by atoms with Crippen molar-refractivity contribution in [1.82, 2.24) is 0 Å². The van der Waals surface area contributed by atoms with Crippen LogP contribution in [0.2, 0.25) is 0 Å². The predicted octanol–water partition coefficient (Wildman–Crippen LogP) is 7.12. The van der Waals surface area contributed by atoms with Crippen LogP contribution in [0.1, 0.15) is 20.7 Å². The van der Waals surface area contributed by atoms with Crippen molar-refractivity contribution in [3.05, 3.63) is 157 Å². The molecule has 6 heteroatoms. The van der Waals surface area contributed by atoms with Gasteiger partial charge in [-0.1, -0.05) is 88.3 Å². The SMILES string of the molecule is O=C(O)c1cccc(C(=O)O[SH](c2ccccc2)(c2ccccc2)(c2ccccc2)c2ccccc2)c1.[NaH]. The summed E-state index contributed by atoms with van der Waals surface area (Å²) in [6.07, 6.45) is 0. The number of rotatable bonds is 7. The van der Waals surface area contributed by atoms with Crippen LogP contribution in [0.25, 0.3) is 0 Å². The fourth-order valence-corrected chi connectivity index (χ4v) is 10.6. The molecular formula is C32H27NaO4S. The molecule has 0 spiro atoms. The third-order valence-electron chi connectivity index (χ3n) is 6.61. The zero-order valence-corrected chi connectivity index (χ0v) is 20.9. The van der Waals surface area contributed by atoms with Gasteiger partial charge in [-0.3, -0.25) is 0 Å². The van der Waals surface area contributed by atoms with Crippen LogP contribution < -0.4 is 0 Å². The van der Waals surface area contributed by atoms with Gasteiger partial charge in [-0.2, -0.15) is 0 Å². The van der Waals surface area contributed by atoms with Crippen molar-refractivity contribution in [2.45, 2.75) is 19.6 Å². The molecule has 0 radical (unpaired) electrons. The minimum atomic E-state index is -4.17. The fraction of sp³-hybridized carbons (Fsp3) is 0. The van der Waals surface area contributed by atoms with E-state index in [4.69, 9.17) is 4.18 Å². The summed E-state index contributed by atoms with van der Waals surface area (Å²) in [5.41, 5.74) is 0.196. The Bertz CT molecular complexity index is 1370. The van der Waals surface area contributed by atoms with Gasteiger partial charge in [-0.05, 0) is 66.7 Å². The van der Waals surface area contributed by atoms with Gasteiger partial charge in [0, 0.05) is 19.6 Å². The third-order valence-corrected chi connectivity index (χ3v) is 12.3. The second kappa shape index (κ2) is 11.4. The Morgan fingerprint density at radius 1 is 0.500 bits per heavy atom. The number of carbonyl (C=O) groups is 2. The van der Waals surface area contributed by atoms with E-state index in [-0.39, 0.29) is 40.7 Å². The first-order chi connectivity index (χ1) is 18.1. The molecule has 4 nitrogen and oxygen atoms in total. The van der Waals surface area contributed by atoms with Crippen LogP contribution >= 0.6 is 9.44 Å². The zero-order valence-electron chi connectivity index (χ0n) is 20.0. The van der Waals surface area contributed by atoms with Crippen LogP contribution in [0.4, 0.5) is 0 Å². The molecule has 0 amide bonds. The number of carboxylic acids is 1. The molecule has 0 unspecified atom stereocenters. The van der Waals surface area contributed by atoms with Crippen LogP contribution in [0, 0.1) is 0 Å². The van der Waals surface area contributed by atoms with E-state index >= 15 is 0 Å². The zero-order chi connectivity index (χ0) is 25.7. The Morgan fingerprint density at radius 3 is 1.18 bits per heavy atom. The molecule has 0 heterocycles. The topological polar surface area (TPSA) is 63.6 Å². The number of carbonyl (C=O) groups excluding carboxylic acids is 1. The Balaban J connectivity index is 0.00000336. The van der Waals surface area contributed by atoms with Gasteiger partial charge < -0.3 is 9.29 Å². The van der Waals surface area contributed by atoms with Gasteiger partial charge in [0.1, 0.15) is 0 Å². The molecule has 0 aromatic heterocycles. The van der Waals surface area contributed by atoms with Crippen molar-refractivity contribution in [2.24, 2.45) is 0 Å². The van der Waals surface area contributed by atoms with E-state index in [1.54, 1.807) is 12.1 Å². The molecule has 5 aromatic carbocycles. The van der Waals surface area contributed by atoms with Crippen molar-refractivity contribution >= 4 is 50.9 Å². The second-order valence-corrected chi connectivity index (χ2v) is 13.0. The molecule has 1 N–H and O–H groups in total. The molecule has 0 aliphatic heterocycles. The summed E-state index contributed by atoms with van der Waals surface area (Å²) >= 11 is 0. The molecule has 38 heavy (non-hydrogen) atoms. The summed E-state index contributed by atoms with van der Waals surface area (Å²) in [6.45, 7) is 0. The first kappa shape index (κ1) is 27.4. The van der Waals surface area contributed by atoms with Gasteiger partial charge in [0.05, 0.1) is 11.1 Å². The average molecular weight is 531 g/mol. The number of carboxylic acid groups (broad SMARTS) is 1. The predicted molar refractivity (Wildman–Crippen MR) is 154 cm³/mol. The van der Waals surface area contributed by atoms with Gasteiger partial charge >= 0.3 is 41.5 Å². The van der Waals surface area contributed by atoms with Crippen LogP contribution in [-0.2, 0) is 4.18 Å². The minimum absolute atomic E-state index is 0. The Morgan fingerprint density at radius 2 is 0.842 bits per heavy atom. The first-order valence-electron chi connectivity index (χ1n) is 11.9. The van der Waals surface area contributed by atoms with E-state index in [1.807, 2.05) is 121 Å². The number of thiol groups is 1. The van der Waals surface area contributed by atoms with E-state index in [0.717, 1.165) is 19.6 Å². The van der Waals surface area contributed by atoms with Crippen molar-refractivity contribution in [2.75, 3.05) is 0 Å². The Kier molecular flexibility index (Phi) is 8.24. The summed E-state index contributed by atoms with van der Waals surface area (Å²) < 4.78 is 6.99. The van der Waals surface area contributed by atoms with Gasteiger partial charge in [-0.25, -0.2) is 9.59 Å². The Hall–Kier alpha value is -3.61. The molecule has 5 aromatic rings.